The van der Waals surface area contributed by atoms with Gasteiger partial charge in [-0.3, -0.25) is 14.2 Å². The van der Waals surface area contributed by atoms with Crippen molar-refractivity contribution in [1.82, 2.24) is 9.55 Å². The van der Waals surface area contributed by atoms with Crippen LogP contribution in [0.15, 0.2) is 34.2 Å². The number of amides is 1. The number of rotatable bonds is 5. The highest BCUT2D eigenvalue weighted by Gasteiger charge is 2.21. The second kappa shape index (κ2) is 7.74. The Morgan fingerprint density at radius 2 is 2.00 bits per heavy atom. The number of aromatic nitrogens is 2. The minimum Gasteiger partial charge on any atom is -0.465 e. The molecule has 1 heterocycles. The van der Waals surface area contributed by atoms with E-state index in [1.165, 1.54) is 23.4 Å². The minimum absolute atomic E-state index is 0.103. The van der Waals surface area contributed by atoms with Gasteiger partial charge in [0.15, 0.2) is 5.16 Å². The Kier molecular flexibility index (Phi) is 5.41. The molecule has 1 N–H and O–H groups in total. The summed E-state index contributed by atoms with van der Waals surface area (Å²) < 4.78 is 6.06. The average Bonchev–Trinajstić information content (AvgIpc) is 3.12. The third-order valence-corrected chi connectivity index (χ3v) is 4.90. The van der Waals surface area contributed by atoms with Crippen molar-refractivity contribution < 1.29 is 14.3 Å². The monoisotopic (exact) mass is 373 g/mol. The fourth-order valence-corrected chi connectivity index (χ4v) is 3.52. The van der Waals surface area contributed by atoms with Crippen LogP contribution in [0.1, 0.15) is 28.0 Å². The van der Waals surface area contributed by atoms with Gasteiger partial charge in [0, 0.05) is 11.3 Å². The number of benzene rings is 1. The Balaban J connectivity index is 1.76. The summed E-state index contributed by atoms with van der Waals surface area (Å²) in [7, 11) is 1.31. The Morgan fingerprint density at radius 1 is 1.27 bits per heavy atom. The predicted octanol–water partition coefficient (Wildman–Crippen LogP) is 1.88. The van der Waals surface area contributed by atoms with Crippen molar-refractivity contribution in [3.8, 4) is 0 Å². The fourth-order valence-electron chi connectivity index (χ4n) is 2.95. The largest absolute Gasteiger partial charge is 0.465 e. The fraction of sp³-hybridized carbons (Fsp3) is 0.333. The maximum atomic E-state index is 12.7. The van der Waals surface area contributed by atoms with Crippen LogP contribution in [0, 0.1) is 0 Å². The summed E-state index contributed by atoms with van der Waals surface area (Å²) in [6, 6.07) is 6.36. The first-order valence-electron chi connectivity index (χ1n) is 8.18. The van der Waals surface area contributed by atoms with Crippen LogP contribution in [0.2, 0.25) is 0 Å². The zero-order chi connectivity index (χ0) is 18.7. The van der Waals surface area contributed by atoms with E-state index in [0.717, 1.165) is 24.1 Å². The van der Waals surface area contributed by atoms with E-state index in [-0.39, 0.29) is 18.0 Å². The summed E-state index contributed by atoms with van der Waals surface area (Å²) in [4.78, 5) is 41.0. The number of ether oxygens (including phenoxy) is 1. The van der Waals surface area contributed by atoms with E-state index >= 15 is 0 Å². The Hall–Kier alpha value is -2.61. The van der Waals surface area contributed by atoms with Crippen molar-refractivity contribution in [1.29, 1.82) is 0 Å². The number of aryl methyl sites for hydroxylation is 1. The number of methoxy groups -OCH3 is 1. The van der Waals surface area contributed by atoms with Crippen LogP contribution in [0.3, 0.4) is 0 Å². The van der Waals surface area contributed by atoms with Gasteiger partial charge < -0.3 is 10.1 Å². The number of fused-ring (bicyclic) bond motifs is 1. The topological polar surface area (TPSA) is 90.3 Å². The molecule has 7 nitrogen and oxygen atoms in total. The smallest absolute Gasteiger partial charge is 0.337 e. The maximum Gasteiger partial charge on any atom is 0.337 e. The molecule has 1 aromatic heterocycles. The summed E-state index contributed by atoms with van der Waals surface area (Å²) in [5.74, 6) is -0.767. The maximum absolute atomic E-state index is 12.7. The molecule has 0 bridgehead atoms. The van der Waals surface area contributed by atoms with Gasteiger partial charge in [-0.05, 0) is 49.8 Å². The Morgan fingerprint density at radius 3 is 2.65 bits per heavy atom. The van der Waals surface area contributed by atoms with Gasteiger partial charge >= 0.3 is 5.97 Å². The Labute approximate surface area is 154 Å². The first-order valence-corrected chi connectivity index (χ1v) is 9.40. The summed E-state index contributed by atoms with van der Waals surface area (Å²) in [5, 5.41) is 3.28. The van der Waals surface area contributed by atoms with Crippen molar-refractivity contribution in [3.05, 3.63) is 51.4 Å². The molecule has 0 aliphatic heterocycles. The van der Waals surface area contributed by atoms with Crippen molar-refractivity contribution in [2.24, 2.45) is 0 Å². The van der Waals surface area contributed by atoms with Crippen LogP contribution in [0.4, 0.5) is 5.69 Å². The number of hydrogen-bond donors (Lipinski definition) is 1. The predicted molar refractivity (Wildman–Crippen MR) is 98.7 cm³/mol. The molecule has 8 heteroatoms. The quantitative estimate of drug-likeness (QED) is 0.489. The lowest BCUT2D eigenvalue weighted by Gasteiger charge is -2.13. The van der Waals surface area contributed by atoms with Gasteiger partial charge in [-0.2, -0.15) is 0 Å². The van der Waals surface area contributed by atoms with Crippen LogP contribution in [0.25, 0.3) is 0 Å². The number of carbonyl (C=O) groups is 2. The Bertz CT molecular complexity index is 906. The van der Waals surface area contributed by atoms with E-state index < -0.39 is 5.97 Å². The third-order valence-electron chi connectivity index (χ3n) is 4.23. The number of esters is 1. The number of nitrogens with zero attached hydrogens (tertiary/aromatic N) is 2. The number of thioether (sulfide) groups is 1. The van der Waals surface area contributed by atoms with Crippen molar-refractivity contribution in [3.63, 3.8) is 0 Å². The van der Waals surface area contributed by atoms with E-state index in [2.05, 4.69) is 15.0 Å². The van der Waals surface area contributed by atoms with E-state index in [1.807, 2.05) is 6.26 Å². The van der Waals surface area contributed by atoms with Crippen LogP contribution in [0.5, 0.6) is 0 Å². The number of carbonyl (C=O) groups excluding carboxylic acids is 2. The third kappa shape index (κ3) is 3.65. The molecule has 0 spiro atoms. The summed E-state index contributed by atoms with van der Waals surface area (Å²) in [6.45, 7) is -0.103. The standard InChI is InChI=1S/C18H19N3O4S/c1-25-17(24)11-6-8-12(9-7-11)19-15(22)10-21-16(23)13-4-3-5-14(13)20-18(21)26-2/h6-9H,3-5,10H2,1-2H3,(H,19,22). The second-order valence-electron chi connectivity index (χ2n) is 5.89. The van der Waals surface area contributed by atoms with E-state index in [4.69, 9.17) is 0 Å². The van der Waals surface area contributed by atoms with Crippen molar-refractivity contribution >= 4 is 29.3 Å². The molecule has 3 rings (SSSR count). The van der Waals surface area contributed by atoms with Gasteiger partial charge in [-0.1, -0.05) is 11.8 Å². The van der Waals surface area contributed by atoms with E-state index in [9.17, 15) is 14.4 Å². The highest BCUT2D eigenvalue weighted by Crippen LogP contribution is 2.20. The molecule has 26 heavy (non-hydrogen) atoms. The molecule has 1 amide bonds. The molecule has 2 aromatic rings. The highest BCUT2D eigenvalue weighted by atomic mass is 32.2. The van der Waals surface area contributed by atoms with E-state index in [0.29, 0.717) is 22.8 Å². The van der Waals surface area contributed by atoms with Crippen molar-refractivity contribution in [2.45, 2.75) is 31.0 Å². The molecule has 0 radical (unpaired) electrons. The molecular weight excluding hydrogens is 354 g/mol. The molecule has 0 unspecified atom stereocenters. The molecule has 0 atom stereocenters. The average molecular weight is 373 g/mol. The summed E-state index contributed by atoms with van der Waals surface area (Å²) >= 11 is 1.35. The van der Waals surface area contributed by atoms with Crippen LogP contribution in [-0.2, 0) is 28.9 Å². The zero-order valence-corrected chi connectivity index (χ0v) is 15.4. The lowest BCUT2D eigenvalue weighted by molar-refractivity contribution is -0.116. The molecule has 0 saturated heterocycles. The number of hydrogen-bond acceptors (Lipinski definition) is 6. The van der Waals surface area contributed by atoms with E-state index in [1.54, 1.807) is 24.3 Å². The van der Waals surface area contributed by atoms with Crippen LogP contribution < -0.4 is 10.9 Å². The van der Waals surface area contributed by atoms with Gasteiger partial charge in [0.1, 0.15) is 6.54 Å². The molecular formula is C18H19N3O4S. The SMILES string of the molecule is COC(=O)c1ccc(NC(=O)Cn2c(SC)nc3c(c2=O)CCC3)cc1. The molecule has 1 aliphatic rings. The lowest BCUT2D eigenvalue weighted by atomic mass is 10.2. The summed E-state index contributed by atoms with van der Waals surface area (Å²) in [5.41, 5.74) is 2.38. The number of nitrogens with one attached hydrogen (secondary N) is 1. The van der Waals surface area contributed by atoms with Crippen molar-refractivity contribution in [2.75, 3.05) is 18.7 Å². The van der Waals surface area contributed by atoms with Gasteiger partial charge in [-0.25, -0.2) is 9.78 Å². The highest BCUT2D eigenvalue weighted by molar-refractivity contribution is 7.98. The minimum atomic E-state index is -0.441. The van der Waals surface area contributed by atoms with Crippen LogP contribution in [-0.4, -0.2) is 34.8 Å². The van der Waals surface area contributed by atoms with Gasteiger partial charge in [0.2, 0.25) is 5.91 Å². The van der Waals surface area contributed by atoms with Gasteiger partial charge in [0.05, 0.1) is 18.4 Å². The summed E-state index contributed by atoms with van der Waals surface area (Å²) in [6.07, 6.45) is 4.29. The molecule has 136 valence electrons. The first-order chi connectivity index (χ1) is 12.5. The second-order valence-corrected chi connectivity index (χ2v) is 6.66. The van der Waals surface area contributed by atoms with Gasteiger partial charge in [0.25, 0.3) is 5.56 Å². The molecule has 0 fully saturated rings. The molecule has 1 aliphatic carbocycles. The van der Waals surface area contributed by atoms with Crippen LogP contribution >= 0.6 is 11.8 Å². The lowest BCUT2D eigenvalue weighted by Crippen LogP contribution is -2.32. The molecule has 1 aromatic carbocycles. The first kappa shape index (κ1) is 18.2. The number of anilines is 1. The zero-order valence-electron chi connectivity index (χ0n) is 14.6. The van der Waals surface area contributed by atoms with Gasteiger partial charge in [-0.15, -0.1) is 0 Å². The normalized spacial score (nSPS) is 12.5. The molecule has 0 saturated carbocycles.